The van der Waals surface area contributed by atoms with E-state index in [4.69, 9.17) is 30.0 Å². The number of aromatic amines is 1. The first kappa shape index (κ1) is 30.6. The fourth-order valence-electron chi connectivity index (χ4n) is 5.40. The number of fused-ring (bicyclic) bond motifs is 2. The highest BCUT2D eigenvalue weighted by Gasteiger charge is 2.56. The Kier molecular flexibility index (Phi) is 7.97. The smallest absolute Gasteiger partial charge is 0.394 e. The Morgan fingerprint density at radius 3 is 2.66 bits per heavy atom. The van der Waals surface area contributed by atoms with Crippen LogP contribution in [-0.2, 0) is 27.7 Å². The lowest BCUT2D eigenvalue weighted by molar-refractivity contribution is -0.0434. The molecule has 0 spiro atoms. The third-order valence-electron chi connectivity index (χ3n) is 7.39. The maximum Gasteiger partial charge on any atom is 0.695 e. The van der Waals surface area contributed by atoms with Crippen LogP contribution in [0.4, 0.5) is 11.8 Å². The van der Waals surface area contributed by atoms with Crippen LogP contribution in [0, 0.1) is 0 Å². The van der Waals surface area contributed by atoms with Gasteiger partial charge >= 0.3 is 15.9 Å². The number of nitrogen functional groups attached to an aromatic ring is 2. The molecular weight excluding hydrogens is 632 g/mol. The van der Waals surface area contributed by atoms with E-state index in [1.54, 1.807) is 6.07 Å². The normalized spacial score (nSPS) is 30.7. The summed E-state index contributed by atoms with van der Waals surface area (Å²) in [5.74, 6) is -0.154. The molecule has 4 aromatic rings. The van der Waals surface area contributed by atoms with E-state index >= 15 is 0 Å². The van der Waals surface area contributed by atoms with Crippen LogP contribution in [0.15, 0.2) is 29.6 Å². The van der Waals surface area contributed by atoms with Crippen LogP contribution in [0.1, 0.15) is 18.0 Å². The fourth-order valence-corrected chi connectivity index (χ4v) is 7.52. The van der Waals surface area contributed by atoms with Crippen molar-refractivity contribution < 1.29 is 52.8 Å². The second kappa shape index (κ2) is 11.5. The van der Waals surface area contributed by atoms with E-state index in [1.807, 2.05) is 0 Å². The van der Waals surface area contributed by atoms with Gasteiger partial charge in [0, 0.05) is 4.57 Å². The molecule has 4 aromatic heterocycles. The number of rotatable bonds is 9. The first-order chi connectivity index (χ1) is 20.9. The van der Waals surface area contributed by atoms with Crippen molar-refractivity contribution in [3.8, 4) is 0 Å². The summed E-state index contributed by atoms with van der Waals surface area (Å²) in [5, 5.41) is 35.8. The Morgan fingerprint density at radius 2 is 1.93 bits per heavy atom. The van der Waals surface area contributed by atoms with Crippen LogP contribution in [-0.4, -0.2) is 109 Å². The van der Waals surface area contributed by atoms with Gasteiger partial charge in [0.1, 0.15) is 48.0 Å². The van der Waals surface area contributed by atoms with E-state index in [9.17, 15) is 39.0 Å². The summed E-state index contributed by atoms with van der Waals surface area (Å²) in [6.07, 6.45) is -8.13. The van der Waals surface area contributed by atoms with E-state index in [0.29, 0.717) is 5.52 Å². The van der Waals surface area contributed by atoms with Gasteiger partial charge in [0.05, 0.1) is 25.2 Å². The number of imidazole rings is 1. The van der Waals surface area contributed by atoms with Gasteiger partial charge in [-0.05, 0) is 12.1 Å². The standard InChI is InChI=1S/C21H25N9O12P2/c22-17-8-2-1-7(30(8)26-5-24-17)14-13(33)15(42-43(35)36)10(40-14)4-39-44(37,38)16-12(32)9(3-31)41-20(16)29-6-25-11-18(29)27-21(23)28-19(11)34/h1-2,5-6,9-10,12-16,20,31-33H,3-4H2,(H6-,22,23,24,26,27,28,34,35,36,37,38)/p+1/t9-,10-,12-,13+,14+,15-,16-,20-/m1/s1. The number of hydrogen-bond acceptors (Lipinski definition) is 16. The average molecular weight is 658 g/mol. The fraction of sp³-hybridized carbons (Fsp3) is 0.476. The molecule has 2 saturated heterocycles. The van der Waals surface area contributed by atoms with Gasteiger partial charge in [0.25, 0.3) is 5.56 Å². The molecule has 0 aliphatic carbocycles. The van der Waals surface area contributed by atoms with Crippen LogP contribution < -0.4 is 17.0 Å². The van der Waals surface area contributed by atoms with E-state index in [-0.39, 0.29) is 28.6 Å². The molecule has 6 rings (SSSR count). The van der Waals surface area contributed by atoms with Gasteiger partial charge in [0.15, 0.2) is 29.3 Å². The second-order valence-corrected chi connectivity index (χ2v) is 12.6. The predicted octanol–water partition coefficient (Wildman–Crippen LogP) is -2.32. The molecule has 0 amide bonds. The summed E-state index contributed by atoms with van der Waals surface area (Å²) < 4.78 is 49.7. The van der Waals surface area contributed by atoms with E-state index < -0.39 is 83.1 Å². The molecule has 44 heavy (non-hydrogen) atoms. The number of aromatic nitrogens is 7. The monoisotopic (exact) mass is 658 g/mol. The van der Waals surface area contributed by atoms with E-state index in [0.717, 1.165) is 10.9 Å². The molecular formula is C21H26N9O12P2+. The van der Waals surface area contributed by atoms with Crippen LogP contribution >= 0.6 is 15.9 Å². The number of H-pyrrole nitrogens is 1. The molecule has 2 unspecified atom stereocenters. The zero-order chi connectivity index (χ0) is 31.5. The summed E-state index contributed by atoms with van der Waals surface area (Å²) in [6, 6.07) is 3.09. The zero-order valence-electron chi connectivity index (χ0n) is 22.2. The van der Waals surface area contributed by atoms with Crippen molar-refractivity contribution in [1.29, 1.82) is 0 Å². The van der Waals surface area contributed by atoms with Crippen molar-refractivity contribution in [3.05, 3.63) is 40.8 Å². The average Bonchev–Trinajstić information content (AvgIpc) is 3.72. The lowest BCUT2D eigenvalue weighted by Crippen LogP contribution is -2.37. The number of aliphatic hydroxyl groups excluding tert-OH is 3. The SMILES string of the molecule is Nc1nc2c(ncn2[C@@H]2O[C@H](CO)[C@@H](O)[C@H]2P(=O)(O)OC[C@H]2O[C@@H](c3ccc4c(N)ncnn34)[C@H](O)[C@@H]2O[P+](=O)O)c(=O)[nH]1. The number of ether oxygens (including phenoxy) is 2. The van der Waals surface area contributed by atoms with E-state index in [1.165, 1.54) is 16.9 Å². The van der Waals surface area contributed by atoms with Crippen LogP contribution in [0.25, 0.3) is 16.7 Å². The van der Waals surface area contributed by atoms with Gasteiger partial charge in [-0.1, -0.05) is 0 Å². The Bertz CT molecular complexity index is 1830. The highest BCUT2D eigenvalue weighted by Crippen LogP contribution is 2.57. The molecule has 6 heterocycles. The maximum atomic E-state index is 13.7. The molecule has 0 radical (unpaired) electrons. The van der Waals surface area contributed by atoms with Gasteiger partial charge < -0.3 is 45.7 Å². The molecule has 2 aliphatic rings. The summed E-state index contributed by atoms with van der Waals surface area (Å²) >= 11 is 0. The zero-order valence-corrected chi connectivity index (χ0v) is 24.0. The van der Waals surface area contributed by atoms with Gasteiger partial charge in [-0.25, -0.2) is 14.5 Å². The predicted molar refractivity (Wildman–Crippen MR) is 145 cm³/mol. The topological polar surface area (TPSA) is 318 Å². The maximum absolute atomic E-state index is 13.7. The van der Waals surface area contributed by atoms with Gasteiger partial charge in [-0.3, -0.25) is 18.9 Å². The third-order valence-corrected chi connectivity index (χ3v) is 9.65. The van der Waals surface area contributed by atoms with Crippen LogP contribution in [0.3, 0.4) is 0 Å². The van der Waals surface area contributed by atoms with Gasteiger partial charge in [-0.2, -0.15) is 10.1 Å². The lowest BCUT2D eigenvalue weighted by atomic mass is 10.1. The summed E-state index contributed by atoms with van der Waals surface area (Å²) in [4.78, 5) is 46.9. The number of nitrogens with one attached hydrogen (secondary N) is 1. The van der Waals surface area contributed by atoms with Crippen molar-refractivity contribution in [2.75, 3.05) is 24.7 Å². The highest BCUT2D eigenvalue weighted by molar-refractivity contribution is 7.53. The van der Waals surface area contributed by atoms with Gasteiger partial charge in [-0.15, -0.1) is 9.42 Å². The van der Waals surface area contributed by atoms with Crippen LogP contribution in [0.5, 0.6) is 0 Å². The van der Waals surface area contributed by atoms with Crippen molar-refractivity contribution in [2.45, 2.75) is 48.5 Å². The summed E-state index contributed by atoms with van der Waals surface area (Å²) in [6.45, 7) is -1.54. The molecule has 2 aliphatic heterocycles. The van der Waals surface area contributed by atoms with Crippen molar-refractivity contribution in [2.24, 2.45) is 0 Å². The summed E-state index contributed by atoms with van der Waals surface area (Å²) in [5.41, 5.74) is 9.37. The minimum absolute atomic E-state index is 0.132. The number of anilines is 2. The molecule has 10 atom stereocenters. The molecule has 0 bridgehead atoms. The van der Waals surface area contributed by atoms with Crippen molar-refractivity contribution in [1.82, 2.24) is 34.1 Å². The first-order valence-electron chi connectivity index (χ1n) is 12.8. The lowest BCUT2D eigenvalue weighted by Gasteiger charge is -2.27. The quantitative estimate of drug-likeness (QED) is 0.0875. The third kappa shape index (κ3) is 5.17. The van der Waals surface area contributed by atoms with Crippen molar-refractivity contribution >= 4 is 44.3 Å². The summed E-state index contributed by atoms with van der Waals surface area (Å²) in [7, 11) is -8.25. The Labute approximate surface area is 245 Å². The largest absolute Gasteiger partial charge is 0.695 e. The number of hydrogen-bond donors (Lipinski definition) is 8. The highest BCUT2D eigenvalue weighted by atomic mass is 31.2. The number of nitrogens with two attached hydrogens (primary N) is 2. The molecule has 2 fully saturated rings. The molecule has 10 N–H and O–H groups in total. The molecule has 0 aromatic carbocycles. The first-order valence-corrected chi connectivity index (χ1v) is 15.6. The molecule has 236 valence electrons. The molecule has 23 heteroatoms. The molecule has 0 saturated carbocycles. The van der Waals surface area contributed by atoms with Crippen molar-refractivity contribution in [3.63, 3.8) is 0 Å². The van der Waals surface area contributed by atoms with Crippen LogP contribution in [0.2, 0.25) is 0 Å². The Hall–Kier alpha value is -3.46. The Morgan fingerprint density at radius 1 is 1.16 bits per heavy atom. The Balaban J connectivity index is 1.29. The number of nitrogens with zero attached hydrogens (tertiary/aromatic N) is 6. The minimum Gasteiger partial charge on any atom is -0.394 e. The van der Waals surface area contributed by atoms with E-state index in [2.05, 4.69) is 25.0 Å². The number of aliphatic hydroxyl groups is 3. The molecule has 21 nitrogen and oxygen atoms in total. The van der Waals surface area contributed by atoms with Gasteiger partial charge in [0.2, 0.25) is 5.95 Å². The second-order valence-electron chi connectivity index (χ2n) is 9.96. The minimum atomic E-state index is -4.98.